The standard InChI is InChI=1S/C16H16Cl2N2O2S2/c1-8-13(16(21)19-10-6-23-9(2)24-7-10)15(20-22-8)14-11(17)4-3-5-12(14)18/h3-5,9-10H,6-7H2,1-2H3,(H,19,21). The molecule has 2 aromatic rings. The fourth-order valence-corrected chi connectivity index (χ4v) is 5.47. The van der Waals surface area contributed by atoms with Crippen LogP contribution < -0.4 is 5.32 Å². The molecule has 1 amide bonds. The van der Waals surface area contributed by atoms with Crippen molar-refractivity contribution in [3.63, 3.8) is 0 Å². The van der Waals surface area contributed by atoms with E-state index in [1.54, 1.807) is 25.1 Å². The summed E-state index contributed by atoms with van der Waals surface area (Å²) in [5, 5.41) is 7.95. The Hall–Kier alpha value is -0.820. The van der Waals surface area contributed by atoms with E-state index in [1.165, 1.54) is 0 Å². The highest BCUT2D eigenvalue weighted by Crippen LogP contribution is 2.37. The van der Waals surface area contributed by atoms with Gasteiger partial charge in [-0.1, -0.05) is 34.4 Å². The molecule has 0 atom stereocenters. The minimum Gasteiger partial charge on any atom is -0.360 e. The van der Waals surface area contributed by atoms with Gasteiger partial charge in [0.05, 0.1) is 10.0 Å². The third-order valence-electron chi connectivity index (χ3n) is 3.69. The van der Waals surface area contributed by atoms with Crippen LogP contribution >= 0.6 is 46.7 Å². The summed E-state index contributed by atoms with van der Waals surface area (Å²) < 4.78 is 5.81. The van der Waals surface area contributed by atoms with Crippen LogP contribution in [0.2, 0.25) is 10.0 Å². The Kier molecular flexibility index (Phi) is 5.70. The molecular weight excluding hydrogens is 387 g/mol. The number of rotatable bonds is 3. The number of nitrogens with zero attached hydrogens (tertiary/aromatic N) is 1. The first-order chi connectivity index (χ1) is 11.5. The highest BCUT2D eigenvalue weighted by Gasteiger charge is 2.27. The van der Waals surface area contributed by atoms with Gasteiger partial charge in [0.1, 0.15) is 17.0 Å². The van der Waals surface area contributed by atoms with Gasteiger partial charge in [-0.3, -0.25) is 4.79 Å². The van der Waals surface area contributed by atoms with Gasteiger partial charge >= 0.3 is 0 Å². The number of halogens is 2. The number of aryl methyl sites for hydroxylation is 1. The van der Waals surface area contributed by atoms with Crippen LogP contribution in [0, 0.1) is 6.92 Å². The monoisotopic (exact) mass is 402 g/mol. The number of nitrogens with one attached hydrogen (secondary N) is 1. The molecular formula is C16H16Cl2N2O2S2. The van der Waals surface area contributed by atoms with Crippen LogP contribution in [0.5, 0.6) is 0 Å². The van der Waals surface area contributed by atoms with Crippen LogP contribution in [0.4, 0.5) is 0 Å². The van der Waals surface area contributed by atoms with Crippen molar-refractivity contribution in [1.29, 1.82) is 0 Å². The van der Waals surface area contributed by atoms with Gasteiger partial charge in [0, 0.05) is 27.7 Å². The maximum Gasteiger partial charge on any atom is 0.257 e. The Bertz CT molecular complexity index is 738. The summed E-state index contributed by atoms with van der Waals surface area (Å²) in [4.78, 5) is 12.8. The van der Waals surface area contributed by atoms with Gasteiger partial charge in [-0.2, -0.15) is 0 Å². The Morgan fingerprint density at radius 2 is 1.92 bits per heavy atom. The van der Waals surface area contributed by atoms with Gasteiger partial charge in [-0.25, -0.2) is 0 Å². The number of hydrogen-bond donors (Lipinski definition) is 1. The van der Waals surface area contributed by atoms with Crippen LogP contribution in [0.25, 0.3) is 11.3 Å². The van der Waals surface area contributed by atoms with E-state index in [9.17, 15) is 4.79 Å². The molecule has 0 radical (unpaired) electrons. The lowest BCUT2D eigenvalue weighted by molar-refractivity contribution is 0.0943. The minimum atomic E-state index is -0.208. The molecule has 0 bridgehead atoms. The molecule has 1 saturated heterocycles. The number of hydrogen-bond acceptors (Lipinski definition) is 5. The van der Waals surface area contributed by atoms with Crippen LogP contribution in [-0.4, -0.2) is 33.2 Å². The van der Waals surface area contributed by atoms with Gasteiger partial charge in [-0.05, 0) is 26.0 Å². The minimum absolute atomic E-state index is 0.118. The summed E-state index contributed by atoms with van der Waals surface area (Å²) in [6.45, 7) is 3.89. The zero-order valence-electron chi connectivity index (χ0n) is 13.1. The lowest BCUT2D eigenvalue weighted by Gasteiger charge is -2.26. The van der Waals surface area contributed by atoms with E-state index in [2.05, 4.69) is 17.4 Å². The van der Waals surface area contributed by atoms with Crippen molar-refractivity contribution in [2.24, 2.45) is 0 Å². The highest BCUT2D eigenvalue weighted by atomic mass is 35.5. The van der Waals surface area contributed by atoms with E-state index in [0.717, 1.165) is 11.5 Å². The van der Waals surface area contributed by atoms with E-state index in [1.807, 2.05) is 23.5 Å². The number of amides is 1. The molecule has 0 aliphatic carbocycles. The van der Waals surface area contributed by atoms with E-state index in [-0.39, 0.29) is 11.9 Å². The maximum absolute atomic E-state index is 12.8. The summed E-state index contributed by atoms with van der Waals surface area (Å²) in [5.74, 6) is 2.03. The molecule has 0 unspecified atom stereocenters. The van der Waals surface area contributed by atoms with Gasteiger partial charge in [-0.15, -0.1) is 23.5 Å². The van der Waals surface area contributed by atoms with Gasteiger partial charge in [0.2, 0.25) is 0 Å². The molecule has 3 rings (SSSR count). The third-order valence-corrected chi connectivity index (χ3v) is 7.26. The molecule has 4 nitrogen and oxygen atoms in total. The summed E-state index contributed by atoms with van der Waals surface area (Å²) in [7, 11) is 0. The van der Waals surface area contributed by atoms with E-state index >= 15 is 0 Å². The first-order valence-electron chi connectivity index (χ1n) is 7.42. The molecule has 1 aliphatic rings. The van der Waals surface area contributed by atoms with Crippen LogP contribution in [0.15, 0.2) is 22.7 Å². The SMILES string of the molecule is Cc1onc(-c2c(Cl)cccc2Cl)c1C(=O)NC1CSC(C)SC1. The van der Waals surface area contributed by atoms with E-state index in [0.29, 0.717) is 37.2 Å². The number of benzene rings is 1. The molecule has 128 valence electrons. The molecule has 2 heterocycles. The average Bonchev–Trinajstić information content (AvgIpc) is 2.91. The number of carbonyl (C=O) groups excluding carboxylic acids is 1. The highest BCUT2D eigenvalue weighted by molar-refractivity contribution is 8.17. The lowest BCUT2D eigenvalue weighted by atomic mass is 10.1. The van der Waals surface area contributed by atoms with Gasteiger partial charge in [0.25, 0.3) is 5.91 Å². The fraction of sp³-hybridized carbons (Fsp3) is 0.375. The molecule has 1 aromatic carbocycles. The molecule has 1 N–H and O–H groups in total. The van der Waals surface area contributed by atoms with Crippen molar-refractivity contribution >= 4 is 52.6 Å². The van der Waals surface area contributed by atoms with Gasteiger partial charge in [0.15, 0.2) is 0 Å². The normalized spacial score (nSPS) is 20.8. The summed E-state index contributed by atoms with van der Waals surface area (Å²) in [6.07, 6.45) is 0. The third kappa shape index (κ3) is 3.72. The number of thioether (sulfide) groups is 2. The summed E-state index contributed by atoms with van der Waals surface area (Å²) in [6, 6.07) is 5.29. The average molecular weight is 403 g/mol. The predicted molar refractivity (Wildman–Crippen MR) is 102 cm³/mol. The maximum atomic E-state index is 12.8. The zero-order chi connectivity index (χ0) is 17.3. The Morgan fingerprint density at radius 1 is 1.29 bits per heavy atom. The number of aromatic nitrogens is 1. The van der Waals surface area contributed by atoms with Crippen LogP contribution in [0.1, 0.15) is 23.0 Å². The van der Waals surface area contributed by atoms with Gasteiger partial charge < -0.3 is 9.84 Å². The molecule has 1 aromatic heterocycles. The molecule has 0 saturated carbocycles. The second kappa shape index (κ2) is 7.60. The Morgan fingerprint density at radius 3 is 2.54 bits per heavy atom. The Balaban J connectivity index is 1.89. The van der Waals surface area contributed by atoms with Crippen molar-refractivity contribution < 1.29 is 9.32 Å². The fourth-order valence-electron chi connectivity index (χ4n) is 2.47. The topological polar surface area (TPSA) is 55.1 Å². The molecule has 1 fully saturated rings. The van der Waals surface area contributed by atoms with Crippen molar-refractivity contribution in [1.82, 2.24) is 10.5 Å². The smallest absolute Gasteiger partial charge is 0.257 e. The van der Waals surface area contributed by atoms with Crippen molar-refractivity contribution in [2.45, 2.75) is 24.5 Å². The van der Waals surface area contributed by atoms with Crippen LogP contribution in [0.3, 0.4) is 0 Å². The molecule has 0 spiro atoms. The second-order valence-corrected chi connectivity index (χ2v) is 9.32. The van der Waals surface area contributed by atoms with Crippen molar-refractivity contribution in [3.05, 3.63) is 39.6 Å². The van der Waals surface area contributed by atoms with E-state index < -0.39 is 0 Å². The van der Waals surface area contributed by atoms with E-state index in [4.69, 9.17) is 27.7 Å². The number of carbonyl (C=O) groups is 1. The Labute approximate surface area is 159 Å². The van der Waals surface area contributed by atoms with Crippen molar-refractivity contribution in [3.8, 4) is 11.3 Å². The first kappa shape index (κ1) is 18.0. The first-order valence-corrected chi connectivity index (χ1v) is 10.3. The lowest BCUT2D eigenvalue weighted by Crippen LogP contribution is -2.41. The molecule has 1 aliphatic heterocycles. The molecule has 24 heavy (non-hydrogen) atoms. The zero-order valence-corrected chi connectivity index (χ0v) is 16.3. The summed E-state index contributed by atoms with van der Waals surface area (Å²) in [5.41, 5.74) is 1.28. The second-order valence-electron chi connectivity index (χ2n) is 5.46. The quantitative estimate of drug-likeness (QED) is 0.792. The van der Waals surface area contributed by atoms with Crippen molar-refractivity contribution in [2.75, 3.05) is 11.5 Å². The largest absolute Gasteiger partial charge is 0.360 e. The van der Waals surface area contributed by atoms with Crippen LogP contribution in [-0.2, 0) is 0 Å². The molecule has 8 heteroatoms. The summed E-state index contributed by atoms with van der Waals surface area (Å²) >= 11 is 16.2. The predicted octanol–water partition coefficient (Wildman–Crippen LogP) is 4.88.